The van der Waals surface area contributed by atoms with Crippen LogP contribution in [0.3, 0.4) is 0 Å². The molecule has 2 aromatic carbocycles. The molecule has 8 heteroatoms. The van der Waals surface area contributed by atoms with E-state index < -0.39 is 11.6 Å². The molecule has 0 atom stereocenters. The summed E-state index contributed by atoms with van der Waals surface area (Å²) in [6, 6.07) is 11.0. The molecule has 3 heterocycles. The lowest BCUT2D eigenvalue weighted by molar-refractivity contribution is 0.542. The van der Waals surface area contributed by atoms with E-state index in [2.05, 4.69) is 14.6 Å². The van der Waals surface area contributed by atoms with Crippen LogP contribution >= 0.6 is 0 Å². The van der Waals surface area contributed by atoms with E-state index in [1.165, 1.54) is 4.68 Å². The van der Waals surface area contributed by atoms with Crippen LogP contribution in [0.1, 0.15) is 24.2 Å². The second-order valence-corrected chi connectivity index (χ2v) is 7.26. The minimum absolute atomic E-state index is 0.0701. The van der Waals surface area contributed by atoms with Gasteiger partial charge in [0, 0.05) is 30.8 Å². The quantitative estimate of drug-likeness (QED) is 0.399. The van der Waals surface area contributed by atoms with Crippen molar-refractivity contribution in [1.29, 1.82) is 0 Å². The summed E-state index contributed by atoms with van der Waals surface area (Å²) in [5, 5.41) is 4.20. The molecule has 0 aliphatic rings. The molecule has 0 unspecified atom stereocenters. The molecule has 0 aliphatic carbocycles. The van der Waals surface area contributed by atoms with Gasteiger partial charge in [-0.2, -0.15) is 5.10 Å². The van der Waals surface area contributed by atoms with Crippen LogP contribution in [0.2, 0.25) is 0 Å². The van der Waals surface area contributed by atoms with E-state index in [0.29, 0.717) is 24.6 Å². The molecule has 0 bridgehead atoms. The van der Waals surface area contributed by atoms with Crippen molar-refractivity contribution in [3.63, 3.8) is 0 Å². The lowest BCUT2D eigenvalue weighted by atomic mass is 10.2. The Labute approximate surface area is 176 Å². The molecule has 6 nitrogen and oxygen atoms in total. The van der Waals surface area contributed by atoms with Crippen LogP contribution in [0.15, 0.2) is 59.3 Å². The second kappa shape index (κ2) is 7.46. The van der Waals surface area contributed by atoms with Gasteiger partial charge in [0.25, 0.3) is 0 Å². The first-order valence-corrected chi connectivity index (χ1v) is 9.94. The van der Waals surface area contributed by atoms with Crippen LogP contribution in [0.25, 0.3) is 28.2 Å². The van der Waals surface area contributed by atoms with Gasteiger partial charge in [0.15, 0.2) is 0 Å². The molecular formula is C23H19F2N5O. The highest BCUT2D eigenvalue weighted by molar-refractivity contribution is 5.81. The predicted molar refractivity (Wildman–Crippen MR) is 112 cm³/mol. The monoisotopic (exact) mass is 419 g/mol. The van der Waals surface area contributed by atoms with E-state index in [1.807, 2.05) is 32.0 Å². The molecule has 0 aliphatic heterocycles. The first-order valence-electron chi connectivity index (χ1n) is 9.94. The van der Waals surface area contributed by atoms with Gasteiger partial charge in [-0.25, -0.2) is 23.4 Å². The standard InChI is InChI=1S/C23H19F2N5O/c1-3-29-20-7-4-15(23-26-13-14(2)31-23)10-19(20)28-22(29)12-17-8-9-27-30(17)21-11-16(24)5-6-18(21)25/h4-11,13H,3,12H2,1-2H3. The number of aromatic nitrogens is 5. The molecule has 156 valence electrons. The Morgan fingerprint density at radius 1 is 1.06 bits per heavy atom. The molecule has 0 radical (unpaired) electrons. The van der Waals surface area contributed by atoms with Crippen molar-refractivity contribution in [2.24, 2.45) is 0 Å². The molecule has 5 aromatic rings. The summed E-state index contributed by atoms with van der Waals surface area (Å²) in [6.45, 7) is 4.61. The number of nitrogens with zero attached hydrogens (tertiary/aromatic N) is 5. The van der Waals surface area contributed by atoms with Gasteiger partial charge >= 0.3 is 0 Å². The number of oxazole rings is 1. The van der Waals surface area contributed by atoms with Crippen LogP contribution < -0.4 is 0 Å². The average molecular weight is 419 g/mol. The number of benzene rings is 2. The van der Waals surface area contributed by atoms with Crippen molar-refractivity contribution in [3.8, 4) is 17.1 Å². The average Bonchev–Trinajstić information content (AvgIpc) is 3.47. The Hall–Kier alpha value is -3.81. The van der Waals surface area contributed by atoms with Gasteiger partial charge in [-0.15, -0.1) is 0 Å². The van der Waals surface area contributed by atoms with Crippen LogP contribution in [-0.2, 0) is 13.0 Å². The van der Waals surface area contributed by atoms with E-state index >= 15 is 0 Å². The molecule has 0 fully saturated rings. The molecule has 0 saturated heterocycles. The highest BCUT2D eigenvalue weighted by Gasteiger charge is 2.17. The fourth-order valence-corrected chi connectivity index (χ4v) is 3.78. The van der Waals surface area contributed by atoms with Gasteiger partial charge < -0.3 is 8.98 Å². The van der Waals surface area contributed by atoms with E-state index in [1.54, 1.807) is 18.5 Å². The summed E-state index contributed by atoms with van der Waals surface area (Å²) in [7, 11) is 0. The van der Waals surface area contributed by atoms with E-state index in [0.717, 1.165) is 46.4 Å². The van der Waals surface area contributed by atoms with Crippen LogP contribution in [0.5, 0.6) is 0 Å². The number of aryl methyl sites for hydroxylation is 2. The minimum Gasteiger partial charge on any atom is -0.441 e. The summed E-state index contributed by atoms with van der Waals surface area (Å²) in [6.07, 6.45) is 3.66. The third-order valence-corrected chi connectivity index (χ3v) is 5.21. The van der Waals surface area contributed by atoms with Crippen molar-refractivity contribution in [2.75, 3.05) is 0 Å². The zero-order chi connectivity index (χ0) is 21.5. The lowest BCUT2D eigenvalue weighted by Crippen LogP contribution is -2.09. The fourth-order valence-electron chi connectivity index (χ4n) is 3.78. The minimum atomic E-state index is -0.541. The maximum Gasteiger partial charge on any atom is 0.226 e. The topological polar surface area (TPSA) is 61.7 Å². The second-order valence-electron chi connectivity index (χ2n) is 7.26. The summed E-state index contributed by atoms with van der Waals surface area (Å²) in [5.74, 6) is 1.03. The van der Waals surface area contributed by atoms with Crippen LogP contribution in [0, 0.1) is 18.6 Å². The van der Waals surface area contributed by atoms with Crippen molar-refractivity contribution in [1.82, 2.24) is 24.3 Å². The molecule has 0 saturated carbocycles. The lowest BCUT2D eigenvalue weighted by Gasteiger charge is -2.10. The number of rotatable bonds is 5. The Bertz CT molecular complexity index is 1400. The third kappa shape index (κ3) is 3.39. The largest absolute Gasteiger partial charge is 0.441 e. The molecule has 0 spiro atoms. The molecule has 5 rings (SSSR count). The number of halogens is 2. The summed E-state index contributed by atoms with van der Waals surface area (Å²) >= 11 is 0. The number of imidazole rings is 1. The molecule has 31 heavy (non-hydrogen) atoms. The van der Waals surface area contributed by atoms with Gasteiger partial charge in [0.05, 0.1) is 22.9 Å². The number of hydrogen-bond acceptors (Lipinski definition) is 4. The number of hydrogen-bond donors (Lipinski definition) is 0. The van der Waals surface area contributed by atoms with E-state index in [9.17, 15) is 8.78 Å². The predicted octanol–water partition coefficient (Wildman–Crippen LogP) is 5.07. The normalized spacial score (nSPS) is 11.5. The van der Waals surface area contributed by atoms with Crippen molar-refractivity contribution in [3.05, 3.63) is 83.8 Å². The van der Waals surface area contributed by atoms with Gasteiger partial charge in [-0.05, 0) is 50.2 Å². The zero-order valence-electron chi connectivity index (χ0n) is 17.0. The molecule has 3 aromatic heterocycles. The first kappa shape index (κ1) is 19.2. The van der Waals surface area contributed by atoms with Crippen molar-refractivity contribution < 1.29 is 13.2 Å². The molecular weight excluding hydrogens is 400 g/mol. The van der Waals surface area contributed by atoms with Crippen molar-refractivity contribution >= 4 is 11.0 Å². The maximum absolute atomic E-state index is 14.3. The first-order chi connectivity index (χ1) is 15.0. The van der Waals surface area contributed by atoms with Gasteiger partial charge in [0.2, 0.25) is 5.89 Å². The van der Waals surface area contributed by atoms with Gasteiger partial charge in [0.1, 0.15) is 28.9 Å². The summed E-state index contributed by atoms with van der Waals surface area (Å²) in [4.78, 5) is 9.10. The zero-order valence-corrected chi connectivity index (χ0v) is 17.0. The molecule has 0 N–H and O–H groups in total. The molecule has 0 amide bonds. The van der Waals surface area contributed by atoms with E-state index in [-0.39, 0.29) is 5.69 Å². The highest BCUT2D eigenvalue weighted by atomic mass is 19.1. The number of fused-ring (bicyclic) bond motifs is 1. The fraction of sp³-hybridized carbons (Fsp3) is 0.174. The summed E-state index contributed by atoms with van der Waals surface area (Å²) in [5.41, 5.74) is 3.42. The maximum atomic E-state index is 14.3. The third-order valence-electron chi connectivity index (χ3n) is 5.21. The van der Waals surface area contributed by atoms with Crippen LogP contribution in [0.4, 0.5) is 8.78 Å². The SMILES string of the molecule is CCn1c(Cc2ccnn2-c2cc(F)ccc2F)nc2cc(-c3ncc(C)o3)ccc21. The van der Waals surface area contributed by atoms with Crippen LogP contribution in [-0.4, -0.2) is 24.3 Å². The van der Waals surface area contributed by atoms with Gasteiger partial charge in [-0.1, -0.05) is 0 Å². The van der Waals surface area contributed by atoms with E-state index in [4.69, 9.17) is 9.40 Å². The smallest absolute Gasteiger partial charge is 0.226 e. The highest BCUT2D eigenvalue weighted by Crippen LogP contribution is 2.26. The Morgan fingerprint density at radius 2 is 1.94 bits per heavy atom. The summed E-state index contributed by atoms with van der Waals surface area (Å²) < 4.78 is 37.1. The Morgan fingerprint density at radius 3 is 2.71 bits per heavy atom. The van der Waals surface area contributed by atoms with Gasteiger partial charge in [-0.3, -0.25) is 0 Å². The Balaban J connectivity index is 1.56. The Kier molecular flexibility index (Phi) is 4.62. The van der Waals surface area contributed by atoms with Crippen molar-refractivity contribution in [2.45, 2.75) is 26.8 Å².